The summed E-state index contributed by atoms with van der Waals surface area (Å²) < 4.78 is 16.3. The molecule has 1 aromatic carbocycles. The molecule has 24 heavy (non-hydrogen) atoms. The van der Waals surface area contributed by atoms with Crippen molar-refractivity contribution in [2.75, 3.05) is 27.3 Å². The summed E-state index contributed by atoms with van der Waals surface area (Å²) >= 11 is 0. The third-order valence-corrected chi connectivity index (χ3v) is 3.56. The lowest BCUT2D eigenvalue weighted by molar-refractivity contribution is -0.146. The Kier molecular flexibility index (Phi) is 5.84. The second-order valence-electron chi connectivity index (χ2n) is 5.79. The van der Waals surface area contributed by atoms with E-state index < -0.39 is 5.97 Å². The van der Waals surface area contributed by atoms with E-state index in [0.29, 0.717) is 12.4 Å². The largest absolute Gasteiger partial charge is 0.493 e. The number of likely N-dealkylation sites (N-methyl/N-ethyl adjacent to an activating group) is 1. The summed E-state index contributed by atoms with van der Waals surface area (Å²) in [6, 6.07) is 3.81. The minimum Gasteiger partial charge on any atom is -0.493 e. The fourth-order valence-corrected chi connectivity index (χ4v) is 2.33. The monoisotopic (exact) mass is 333 g/mol. The maximum absolute atomic E-state index is 11.7. The molecule has 2 rings (SSSR count). The number of nitrogens with zero attached hydrogens (tertiary/aromatic N) is 1. The standard InChI is InChI=1S/C18H23NO5/c1-5-22-15-10-14-8-12(2)24-16(14)9-13(15)6-7-18(21)23-11-17(20)19(3)4/h6-7,9-10,12H,5,8,11H2,1-4H3/b7-6+/t12-/m0/s1. The second kappa shape index (κ2) is 7.86. The minimum atomic E-state index is -0.581. The van der Waals surface area contributed by atoms with Crippen LogP contribution in [-0.4, -0.2) is 50.2 Å². The van der Waals surface area contributed by atoms with Crippen molar-refractivity contribution in [3.05, 3.63) is 29.3 Å². The third kappa shape index (κ3) is 4.50. The Hall–Kier alpha value is -2.50. The topological polar surface area (TPSA) is 65.1 Å². The van der Waals surface area contributed by atoms with Crippen LogP contribution >= 0.6 is 0 Å². The van der Waals surface area contributed by atoms with Gasteiger partial charge in [-0.15, -0.1) is 0 Å². The first-order valence-corrected chi connectivity index (χ1v) is 7.92. The lowest BCUT2D eigenvalue weighted by atomic mass is 10.1. The Labute approximate surface area is 142 Å². The van der Waals surface area contributed by atoms with Gasteiger partial charge < -0.3 is 19.1 Å². The van der Waals surface area contributed by atoms with E-state index >= 15 is 0 Å². The Morgan fingerprint density at radius 2 is 2.12 bits per heavy atom. The summed E-state index contributed by atoms with van der Waals surface area (Å²) in [5.74, 6) is 0.651. The maximum Gasteiger partial charge on any atom is 0.331 e. The van der Waals surface area contributed by atoms with Crippen LogP contribution in [0.1, 0.15) is 25.0 Å². The summed E-state index contributed by atoms with van der Waals surface area (Å²) in [4.78, 5) is 24.5. The number of amides is 1. The molecule has 0 saturated carbocycles. The van der Waals surface area contributed by atoms with Gasteiger partial charge in [0, 0.05) is 37.7 Å². The molecule has 0 spiro atoms. The highest BCUT2D eigenvalue weighted by atomic mass is 16.5. The molecule has 0 bridgehead atoms. The van der Waals surface area contributed by atoms with Crippen molar-refractivity contribution in [2.45, 2.75) is 26.4 Å². The van der Waals surface area contributed by atoms with E-state index in [2.05, 4.69) is 0 Å². The van der Waals surface area contributed by atoms with Crippen LogP contribution in [0.3, 0.4) is 0 Å². The van der Waals surface area contributed by atoms with Gasteiger partial charge in [0.05, 0.1) is 6.61 Å². The van der Waals surface area contributed by atoms with E-state index in [1.165, 1.54) is 11.0 Å². The van der Waals surface area contributed by atoms with Crippen LogP contribution in [0.2, 0.25) is 0 Å². The van der Waals surface area contributed by atoms with Crippen LogP contribution in [0, 0.1) is 0 Å². The van der Waals surface area contributed by atoms with Gasteiger partial charge in [-0.3, -0.25) is 4.79 Å². The number of rotatable bonds is 6. The van der Waals surface area contributed by atoms with Crippen molar-refractivity contribution in [3.8, 4) is 11.5 Å². The van der Waals surface area contributed by atoms with E-state index in [4.69, 9.17) is 14.2 Å². The van der Waals surface area contributed by atoms with Gasteiger partial charge in [0.2, 0.25) is 0 Å². The van der Waals surface area contributed by atoms with Crippen LogP contribution < -0.4 is 9.47 Å². The molecular weight excluding hydrogens is 310 g/mol. The summed E-state index contributed by atoms with van der Waals surface area (Å²) in [6.45, 7) is 4.16. The number of carbonyl (C=O) groups is 2. The van der Waals surface area contributed by atoms with Crippen molar-refractivity contribution in [3.63, 3.8) is 0 Å². The van der Waals surface area contributed by atoms with Gasteiger partial charge >= 0.3 is 5.97 Å². The fraction of sp³-hybridized carbons (Fsp3) is 0.444. The van der Waals surface area contributed by atoms with Crippen molar-refractivity contribution in [2.24, 2.45) is 0 Å². The number of hydrogen-bond acceptors (Lipinski definition) is 5. The highest BCUT2D eigenvalue weighted by molar-refractivity contribution is 5.89. The number of benzene rings is 1. The minimum absolute atomic E-state index is 0.135. The molecule has 1 aliphatic heterocycles. The number of fused-ring (bicyclic) bond motifs is 1. The van der Waals surface area contributed by atoms with Crippen molar-refractivity contribution < 1.29 is 23.8 Å². The zero-order valence-electron chi connectivity index (χ0n) is 14.5. The summed E-state index contributed by atoms with van der Waals surface area (Å²) in [5.41, 5.74) is 1.84. The van der Waals surface area contributed by atoms with E-state index in [-0.39, 0.29) is 18.6 Å². The number of ether oxygens (including phenoxy) is 3. The maximum atomic E-state index is 11.7. The van der Waals surface area contributed by atoms with Crippen molar-refractivity contribution >= 4 is 18.0 Å². The Balaban J connectivity index is 2.09. The van der Waals surface area contributed by atoms with E-state index in [9.17, 15) is 9.59 Å². The lowest BCUT2D eigenvalue weighted by Crippen LogP contribution is -2.27. The second-order valence-corrected chi connectivity index (χ2v) is 5.79. The molecule has 1 heterocycles. The molecule has 1 amide bonds. The van der Waals surface area contributed by atoms with Gasteiger partial charge in [0.25, 0.3) is 5.91 Å². The quantitative estimate of drug-likeness (QED) is 0.589. The van der Waals surface area contributed by atoms with Crippen molar-refractivity contribution in [1.82, 2.24) is 4.90 Å². The lowest BCUT2D eigenvalue weighted by Gasteiger charge is -2.10. The average Bonchev–Trinajstić information content (AvgIpc) is 2.89. The molecule has 0 saturated heterocycles. The van der Waals surface area contributed by atoms with Crippen LogP contribution in [0.15, 0.2) is 18.2 Å². The molecule has 0 aromatic heterocycles. The Morgan fingerprint density at radius 1 is 1.38 bits per heavy atom. The average molecular weight is 333 g/mol. The normalized spacial score (nSPS) is 15.8. The molecule has 130 valence electrons. The zero-order chi connectivity index (χ0) is 17.7. The molecule has 6 nitrogen and oxygen atoms in total. The molecule has 0 unspecified atom stereocenters. The molecule has 1 aromatic rings. The predicted molar refractivity (Wildman–Crippen MR) is 90.1 cm³/mol. The third-order valence-electron chi connectivity index (χ3n) is 3.56. The van der Waals surface area contributed by atoms with Gasteiger partial charge in [0.1, 0.15) is 17.6 Å². The van der Waals surface area contributed by atoms with Crippen LogP contribution in [-0.2, 0) is 20.7 Å². The molecule has 1 atom stereocenters. The van der Waals surface area contributed by atoms with Crippen LogP contribution in [0.4, 0.5) is 0 Å². The van der Waals surface area contributed by atoms with E-state index in [1.807, 2.05) is 26.0 Å². The van der Waals surface area contributed by atoms with Gasteiger partial charge in [-0.05, 0) is 32.1 Å². The highest BCUT2D eigenvalue weighted by Crippen LogP contribution is 2.35. The van der Waals surface area contributed by atoms with Gasteiger partial charge in [-0.2, -0.15) is 0 Å². The van der Waals surface area contributed by atoms with Crippen LogP contribution in [0.5, 0.6) is 11.5 Å². The molecule has 0 aliphatic carbocycles. The van der Waals surface area contributed by atoms with Crippen molar-refractivity contribution in [1.29, 1.82) is 0 Å². The zero-order valence-corrected chi connectivity index (χ0v) is 14.5. The molecule has 0 radical (unpaired) electrons. The predicted octanol–water partition coefficient (Wildman–Crippen LogP) is 2.05. The van der Waals surface area contributed by atoms with Gasteiger partial charge in [-0.25, -0.2) is 4.79 Å². The Bertz CT molecular complexity index is 651. The summed E-state index contributed by atoms with van der Waals surface area (Å²) in [7, 11) is 3.21. The first kappa shape index (κ1) is 17.8. The molecule has 6 heteroatoms. The summed E-state index contributed by atoms with van der Waals surface area (Å²) in [5, 5.41) is 0. The molecule has 0 fully saturated rings. The first-order chi connectivity index (χ1) is 11.4. The van der Waals surface area contributed by atoms with Gasteiger partial charge in [-0.1, -0.05) is 0 Å². The summed E-state index contributed by atoms with van der Waals surface area (Å²) in [6.07, 6.45) is 3.87. The van der Waals surface area contributed by atoms with Crippen LogP contribution in [0.25, 0.3) is 6.08 Å². The van der Waals surface area contributed by atoms with E-state index in [0.717, 1.165) is 23.3 Å². The smallest absolute Gasteiger partial charge is 0.331 e. The molecule has 1 aliphatic rings. The SMILES string of the molecule is CCOc1cc2c(cc1/C=C/C(=O)OCC(=O)N(C)C)O[C@@H](C)C2. The van der Waals surface area contributed by atoms with E-state index in [1.54, 1.807) is 20.2 Å². The number of carbonyl (C=O) groups excluding carboxylic acids is 2. The van der Waals surface area contributed by atoms with Gasteiger partial charge in [0.15, 0.2) is 6.61 Å². The number of esters is 1. The molecular formula is C18H23NO5. The number of hydrogen-bond donors (Lipinski definition) is 0. The molecule has 0 N–H and O–H groups in total. The highest BCUT2D eigenvalue weighted by Gasteiger charge is 2.21. The first-order valence-electron chi connectivity index (χ1n) is 7.92. The Morgan fingerprint density at radius 3 is 2.79 bits per heavy atom. The fourth-order valence-electron chi connectivity index (χ4n) is 2.33.